The van der Waals surface area contributed by atoms with E-state index in [0.717, 1.165) is 18.1 Å². The van der Waals surface area contributed by atoms with E-state index in [2.05, 4.69) is 102 Å². The molecule has 0 bridgehead atoms. The maximum absolute atomic E-state index is 4.17. The second-order valence-corrected chi connectivity index (χ2v) is 23.5. The normalized spacial score (nSPS) is 26.1. The zero-order valence-electron chi connectivity index (χ0n) is 32.0. The van der Waals surface area contributed by atoms with Gasteiger partial charge < -0.3 is 0 Å². The van der Waals surface area contributed by atoms with Crippen molar-refractivity contribution in [3.8, 4) is 20.9 Å². The van der Waals surface area contributed by atoms with E-state index in [4.69, 9.17) is 0 Å². The molecule has 5 aliphatic rings. The Bertz CT molecular complexity index is 1810. The van der Waals surface area contributed by atoms with Crippen molar-refractivity contribution in [2.45, 2.75) is 176 Å². The average Bonchev–Trinajstić information content (AvgIpc) is 3.81. The molecule has 0 amide bonds. The van der Waals surface area contributed by atoms with Gasteiger partial charge in [-0.3, -0.25) is 0 Å². The van der Waals surface area contributed by atoms with Crippen molar-refractivity contribution in [1.82, 2.24) is 0 Å². The first kappa shape index (κ1) is 36.0. The van der Waals surface area contributed by atoms with Crippen LogP contribution in [0.25, 0.3) is 20.9 Å². The third-order valence-corrected chi connectivity index (χ3v) is 24.4. The monoisotopic (exact) mass is 740 g/mol. The van der Waals surface area contributed by atoms with Gasteiger partial charge in [0.15, 0.2) is 0 Å². The van der Waals surface area contributed by atoms with Crippen LogP contribution in [0.15, 0.2) is 34.1 Å². The van der Waals surface area contributed by atoms with Gasteiger partial charge in [0, 0.05) is 0 Å². The number of unbranched alkanes of at least 4 members (excludes halogenated alkanes) is 10. The molecule has 1 fully saturated rings. The number of rotatable bonds is 19. The topological polar surface area (TPSA) is 0 Å². The summed E-state index contributed by atoms with van der Waals surface area (Å²) < 4.78 is 0.449. The van der Waals surface area contributed by atoms with Gasteiger partial charge in [-0.1, -0.05) is 84.1 Å². The van der Waals surface area contributed by atoms with Gasteiger partial charge >= 0.3 is 201 Å². The second-order valence-electron chi connectivity index (χ2n) is 16.2. The molecule has 3 atom stereocenters. The van der Waals surface area contributed by atoms with Gasteiger partial charge in [-0.05, 0) is 24.2 Å². The standard InChI is InChI=1S/C45H61BS4/c1-7-13-15-17-19-21-23-30-26-37-45(49-30)42-41(50(37,45)24-22-20-18-16-14-8-2)38-40(48-42)33-28-34-32(27-35(33)44(38,11-5)12-6)39-36(25-31(29-46)47-39)43(34,9-3)10-4/h25-29,37,46H,7-24H2,1-6H3. The van der Waals surface area contributed by atoms with E-state index in [-0.39, 0.29) is 10.8 Å². The molecule has 0 N–H and O–H groups in total. The van der Waals surface area contributed by atoms with Crippen molar-refractivity contribution >= 4 is 57.9 Å². The van der Waals surface area contributed by atoms with Gasteiger partial charge in [0.1, 0.15) is 0 Å². The van der Waals surface area contributed by atoms with Crippen molar-refractivity contribution in [3.63, 3.8) is 0 Å². The molecule has 5 heterocycles. The molecule has 5 heteroatoms. The molecule has 8 rings (SSSR count). The molecule has 2 aromatic heterocycles. The first-order chi connectivity index (χ1) is 24.4. The number of thioether (sulfide) groups is 1. The summed E-state index contributed by atoms with van der Waals surface area (Å²) in [6.45, 7) is 14.6. The summed E-state index contributed by atoms with van der Waals surface area (Å²) in [5, 5.41) is 0.830. The Morgan fingerprint density at radius 3 is 1.92 bits per heavy atom. The molecule has 1 saturated heterocycles. The summed E-state index contributed by atoms with van der Waals surface area (Å²) >= 11 is 6.66. The second kappa shape index (κ2) is 13.7. The van der Waals surface area contributed by atoms with E-state index < -0.39 is 10.0 Å². The van der Waals surface area contributed by atoms with Crippen LogP contribution in [-0.2, 0) is 14.9 Å². The summed E-state index contributed by atoms with van der Waals surface area (Å²) in [4.78, 5) is 10.1. The molecule has 0 nitrogen and oxygen atoms in total. The van der Waals surface area contributed by atoms with Crippen LogP contribution in [0.5, 0.6) is 0 Å². The predicted molar refractivity (Wildman–Crippen MR) is 231 cm³/mol. The molecule has 3 aliphatic heterocycles. The third kappa shape index (κ3) is 4.66. The smallest absolute Gasteiger partial charge is 0.107 e. The van der Waals surface area contributed by atoms with Gasteiger partial charge in [-0.15, -0.1) is 11.8 Å². The van der Waals surface area contributed by atoms with Crippen LogP contribution in [0.2, 0.25) is 0 Å². The SMILES string of the molecule is B=Cc1cc2c(s1)-c1cc3c(cc1C2(CC)CC)-c1sc2c(c1C3(CC)CC)S1(CCCCCCCC)C3C=C(CCCCCCCC)SC231. The minimum absolute atomic E-state index is 0.122. The number of thiophene rings is 2. The minimum Gasteiger partial charge on any atom is -0.107 e. The average molecular weight is 741 g/mol. The molecule has 50 heavy (non-hydrogen) atoms. The molecule has 3 unspecified atom stereocenters. The molecule has 1 spiro atoms. The Kier molecular flexibility index (Phi) is 9.86. The molecule has 3 aromatic rings. The van der Waals surface area contributed by atoms with Crippen molar-refractivity contribution in [2.75, 3.05) is 5.75 Å². The van der Waals surface area contributed by atoms with Gasteiger partial charge in [0.05, 0.1) is 0 Å². The van der Waals surface area contributed by atoms with Gasteiger partial charge in [-0.2, -0.15) is 0 Å². The van der Waals surface area contributed by atoms with Crippen molar-refractivity contribution in [1.29, 1.82) is 0 Å². The fourth-order valence-electron chi connectivity index (χ4n) is 11.2. The minimum atomic E-state index is -0.799. The molecule has 0 radical (unpaired) electrons. The van der Waals surface area contributed by atoms with E-state index >= 15 is 0 Å². The fraction of sp³-hybridized carbons (Fsp3) is 0.622. The molecular formula is C45H61BS4. The number of hydrogen-bond donors (Lipinski definition) is 0. The summed E-state index contributed by atoms with van der Waals surface area (Å²) in [6, 6.07) is 7.96. The first-order valence-corrected chi connectivity index (χ1v) is 25.1. The van der Waals surface area contributed by atoms with Crippen molar-refractivity contribution in [3.05, 3.63) is 61.2 Å². The summed E-state index contributed by atoms with van der Waals surface area (Å²) in [7, 11) is 3.37. The van der Waals surface area contributed by atoms with Crippen LogP contribution in [0.4, 0.5) is 0 Å². The van der Waals surface area contributed by atoms with E-state index in [1.165, 1.54) is 112 Å². The molecule has 2 aliphatic carbocycles. The van der Waals surface area contributed by atoms with E-state index in [0.29, 0.717) is 4.08 Å². The number of benzene rings is 1. The predicted octanol–water partition coefficient (Wildman–Crippen LogP) is 14.5. The van der Waals surface area contributed by atoms with Crippen LogP contribution >= 0.6 is 44.5 Å². The number of allylic oxidation sites excluding steroid dienone is 1. The van der Waals surface area contributed by atoms with Crippen LogP contribution in [-0.4, -0.2) is 24.5 Å². The number of hydrogen-bond acceptors (Lipinski definition) is 3. The quantitative estimate of drug-likeness (QED) is 0.0670. The first-order valence-electron chi connectivity index (χ1n) is 20.8. The molecular weight excluding hydrogens is 680 g/mol. The zero-order valence-corrected chi connectivity index (χ0v) is 35.3. The van der Waals surface area contributed by atoms with Crippen molar-refractivity contribution in [2.24, 2.45) is 0 Å². The number of fused-ring (bicyclic) bond motifs is 10. The Morgan fingerprint density at radius 2 is 1.28 bits per heavy atom. The zero-order chi connectivity index (χ0) is 34.9. The maximum atomic E-state index is 4.17. The summed E-state index contributed by atoms with van der Waals surface area (Å²) in [5.74, 6) is 3.56. The Hall–Kier alpha value is -1.01. The van der Waals surface area contributed by atoms with Gasteiger partial charge in [0.25, 0.3) is 0 Å². The molecule has 0 saturated carbocycles. The Labute approximate surface area is 319 Å². The summed E-state index contributed by atoms with van der Waals surface area (Å²) in [5.41, 5.74) is 10.2. The fourth-order valence-corrected chi connectivity index (χ4v) is 24.0. The van der Waals surface area contributed by atoms with Gasteiger partial charge in [-0.25, -0.2) is 0 Å². The van der Waals surface area contributed by atoms with E-state index in [9.17, 15) is 0 Å². The van der Waals surface area contributed by atoms with Crippen LogP contribution in [0.3, 0.4) is 0 Å². The molecule has 1 aromatic carbocycles. The van der Waals surface area contributed by atoms with Crippen LogP contribution < -0.4 is 0 Å². The van der Waals surface area contributed by atoms with Crippen LogP contribution in [0, 0.1) is 0 Å². The van der Waals surface area contributed by atoms with Crippen LogP contribution in [0.1, 0.15) is 183 Å². The third-order valence-electron chi connectivity index (χ3n) is 14.1. The summed E-state index contributed by atoms with van der Waals surface area (Å²) in [6.07, 6.45) is 25.8. The Balaban J connectivity index is 1.18. The van der Waals surface area contributed by atoms with Gasteiger partial charge in [0.2, 0.25) is 0 Å². The van der Waals surface area contributed by atoms with E-state index in [1.807, 2.05) is 26.7 Å². The Morgan fingerprint density at radius 1 is 0.680 bits per heavy atom. The van der Waals surface area contributed by atoms with E-state index in [1.54, 1.807) is 37.6 Å². The van der Waals surface area contributed by atoms with Crippen molar-refractivity contribution < 1.29 is 0 Å². The molecule has 268 valence electrons.